The molecule has 1 atom stereocenters. The first-order chi connectivity index (χ1) is 9.88. The summed E-state index contributed by atoms with van der Waals surface area (Å²) in [6.07, 6.45) is -0.650. The Morgan fingerprint density at radius 1 is 1.24 bits per heavy atom. The standard InChI is InChI=1S/C17H21NO2S/c1-17(2,3)13-8-6-12(7-9-13)16(20)18-11-14(19)15-5-4-10-21-15/h4-10,14,19H,11H2,1-3H3,(H,18,20)/t14-/m1/s1. The van der Waals surface area contributed by atoms with E-state index in [0.717, 1.165) is 4.88 Å². The fraction of sp³-hybridized carbons (Fsp3) is 0.353. The molecule has 0 saturated carbocycles. The van der Waals surface area contributed by atoms with Crippen LogP contribution in [0.4, 0.5) is 0 Å². The second kappa shape index (κ2) is 6.41. The molecule has 1 amide bonds. The van der Waals surface area contributed by atoms with E-state index < -0.39 is 6.10 Å². The molecule has 0 aliphatic heterocycles. The summed E-state index contributed by atoms with van der Waals surface area (Å²) >= 11 is 1.48. The Labute approximate surface area is 129 Å². The Kier molecular flexibility index (Phi) is 4.80. The minimum atomic E-state index is -0.650. The fourth-order valence-corrected chi connectivity index (χ4v) is 2.71. The summed E-state index contributed by atoms with van der Waals surface area (Å²) in [5.41, 5.74) is 1.88. The third-order valence-electron chi connectivity index (χ3n) is 3.34. The van der Waals surface area contributed by atoms with E-state index in [1.165, 1.54) is 16.9 Å². The number of carbonyl (C=O) groups is 1. The van der Waals surface area contributed by atoms with Crippen molar-refractivity contribution in [1.82, 2.24) is 5.32 Å². The van der Waals surface area contributed by atoms with E-state index in [4.69, 9.17) is 0 Å². The molecule has 0 spiro atoms. The van der Waals surface area contributed by atoms with E-state index in [0.29, 0.717) is 5.56 Å². The molecule has 2 aromatic rings. The van der Waals surface area contributed by atoms with Gasteiger partial charge >= 0.3 is 0 Å². The van der Waals surface area contributed by atoms with E-state index in [1.807, 2.05) is 41.8 Å². The van der Waals surface area contributed by atoms with E-state index in [-0.39, 0.29) is 17.9 Å². The van der Waals surface area contributed by atoms with Gasteiger partial charge in [0.15, 0.2) is 0 Å². The summed E-state index contributed by atoms with van der Waals surface area (Å²) < 4.78 is 0. The molecule has 112 valence electrons. The Balaban J connectivity index is 1.94. The van der Waals surface area contributed by atoms with Crippen LogP contribution < -0.4 is 5.32 Å². The number of benzene rings is 1. The molecular weight excluding hydrogens is 282 g/mol. The number of rotatable bonds is 4. The normalized spacial score (nSPS) is 13.0. The molecule has 2 rings (SSSR count). The molecular formula is C17H21NO2S. The summed E-state index contributed by atoms with van der Waals surface area (Å²) in [6.45, 7) is 6.64. The first kappa shape index (κ1) is 15.7. The molecule has 0 saturated heterocycles. The minimum absolute atomic E-state index is 0.0738. The molecule has 2 N–H and O–H groups in total. The van der Waals surface area contributed by atoms with Gasteiger partial charge < -0.3 is 10.4 Å². The van der Waals surface area contributed by atoms with E-state index >= 15 is 0 Å². The van der Waals surface area contributed by atoms with E-state index in [1.54, 1.807) is 0 Å². The Hall–Kier alpha value is -1.65. The van der Waals surface area contributed by atoms with Gasteiger partial charge in [-0.05, 0) is 34.6 Å². The Bertz CT molecular complexity index is 582. The lowest BCUT2D eigenvalue weighted by molar-refractivity contribution is 0.0918. The van der Waals surface area contributed by atoms with Crippen molar-refractivity contribution >= 4 is 17.2 Å². The monoisotopic (exact) mass is 303 g/mol. The van der Waals surface area contributed by atoms with Crippen molar-refractivity contribution in [2.75, 3.05) is 6.54 Å². The zero-order chi connectivity index (χ0) is 15.5. The minimum Gasteiger partial charge on any atom is -0.386 e. The van der Waals surface area contributed by atoms with Crippen molar-refractivity contribution in [1.29, 1.82) is 0 Å². The lowest BCUT2D eigenvalue weighted by Gasteiger charge is -2.19. The number of aliphatic hydroxyl groups is 1. The van der Waals surface area contributed by atoms with Crippen LogP contribution in [-0.4, -0.2) is 17.6 Å². The van der Waals surface area contributed by atoms with Crippen molar-refractivity contribution in [2.45, 2.75) is 32.3 Å². The molecule has 1 heterocycles. The topological polar surface area (TPSA) is 49.3 Å². The van der Waals surface area contributed by atoms with Crippen LogP contribution in [0.3, 0.4) is 0 Å². The molecule has 0 bridgehead atoms. The van der Waals surface area contributed by atoms with Gasteiger partial charge in [0.25, 0.3) is 5.91 Å². The number of carbonyl (C=O) groups excluding carboxylic acids is 1. The van der Waals surface area contributed by atoms with Gasteiger partial charge in [0, 0.05) is 17.0 Å². The van der Waals surface area contributed by atoms with Crippen LogP contribution >= 0.6 is 11.3 Å². The van der Waals surface area contributed by atoms with Crippen molar-refractivity contribution in [3.05, 3.63) is 57.8 Å². The highest BCUT2D eigenvalue weighted by atomic mass is 32.1. The van der Waals surface area contributed by atoms with Crippen molar-refractivity contribution in [3.63, 3.8) is 0 Å². The van der Waals surface area contributed by atoms with Crippen LogP contribution in [0, 0.1) is 0 Å². The van der Waals surface area contributed by atoms with Crippen LogP contribution in [0.25, 0.3) is 0 Å². The zero-order valence-electron chi connectivity index (χ0n) is 12.6. The first-order valence-electron chi connectivity index (χ1n) is 6.98. The van der Waals surface area contributed by atoms with Gasteiger partial charge in [0.2, 0.25) is 0 Å². The number of hydrogen-bond acceptors (Lipinski definition) is 3. The lowest BCUT2D eigenvalue weighted by atomic mass is 9.87. The molecule has 0 radical (unpaired) electrons. The Morgan fingerprint density at radius 3 is 2.43 bits per heavy atom. The summed E-state index contributed by atoms with van der Waals surface area (Å²) in [6, 6.07) is 11.4. The smallest absolute Gasteiger partial charge is 0.251 e. The quantitative estimate of drug-likeness (QED) is 0.908. The number of nitrogens with one attached hydrogen (secondary N) is 1. The van der Waals surface area contributed by atoms with Gasteiger partial charge in [-0.3, -0.25) is 4.79 Å². The molecule has 0 aliphatic rings. The summed E-state index contributed by atoms with van der Waals surface area (Å²) in [5.74, 6) is -0.161. The summed E-state index contributed by atoms with van der Waals surface area (Å²) in [5, 5.41) is 14.6. The third kappa shape index (κ3) is 4.16. The molecule has 0 unspecified atom stereocenters. The van der Waals surface area contributed by atoms with Gasteiger partial charge in [0.1, 0.15) is 6.10 Å². The van der Waals surface area contributed by atoms with Crippen LogP contribution in [0.1, 0.15) is 47.7 Å². The summed E-state index contributed by atoms with van der Waals surface area (Å²) in [4.78, 5) is 12.9. The number of thiophene rings is 1. The maximum atomic E-state index is 12.1. The molecule has 0 fully saturated rings. The van der Waals surface area contributed by atoms with Crippen LogP contribution in [0.15, 0.2) is 41.8 Å². The largest absolute Gasteiger partial charge is 0.386 e. The fourth-order valence-electron chi connectivity index (χ4n) is 1.99. The van der Waals surface area contributed by atoms with Gasteiger partial charge in [-0.2, -0.15) is 0 Å². The van der Waals surface area contributed by atoms with Gasteiger partial charge in [-0.25, -0.2) is 0 Å². The lowest BCUT2D eigenvalue weighted by Crippen LogP contribution is -2.28. The second-order valence-electron chi connectivity index (χ2n) is 6.07. The van der Waals surface area contributed by atoms with Gasteiger partial charge in [-0.15, -0.1) is 11.3 Å². The summed E-state index contributed by atoms with van der Waals surface area (Å²) in [7, 11) is 0. The molecule has 0 aliphatic carbocycles. The first-order valence-corrected chi connectivity index (χ1v) is 7.86. The number of hydrogen-bond donors (Lipinski definition) is 2. The van der Waals surface area contributed by atoms with Crippen LogP contribution in [0.5, 0.6) is 0 Å². The predicted octanol–water partition coefficient (Wildman–Crippen LogP) is 3.51. The van der Waals surface area contributed by atoms with Crippen LogP contribution in [0.2, 0.25) is 0 Å². The number of aliphatic hydroxyl groups excluding tert-OH is 1. The molecule has 1 aromatic heterocycles. The second-order valence-corrected chi connectivity index (χ2v) is 7.05. The predicted molar refractivity (Wildman–Crippen MR) is 86.8 cm³/mol. The van der Waals surface area contributed by atoms with Crippen molar-refractivity contribution < 1.29 is 9.90 Å². The number of amides is 1. The highest BCUT2D eigenvalue weighted by Gasteiger charge is 2.15. The van der Waals surface area contributed by atoms with E-state index in [2.05, 4.69) is 26.1 Å². The highest BCUT2D eigenvalue weighted by Crippen LogP contribution is 2.22. The average Bonchev–Trinajstić information content (AvgIpc) is 2.98. The molecule has 3 nitrogen and oxygen atoms in total. The average molecular weight is 303 g/mol. The van der Waals surface area contributed by atoms with Crippen molar-refractivity contribution in [3.8, 4) is 0 Å². The third-order valence-corrected chi connectivity index (χ3v) is 4.31. The zero-order valence-corrected chi connectivity index (χ0v) is 13.4. The van der Waals surface area contributed by atoms with Gasteiger partial charge in [0.05, 0.1) is 0 Å². The highest BCUT2D eigenvalue weighted by molar-refractivity contribution is 7.10. The SMILES string of the molecule is CC(C)(C)c1ccc(C(=O)NC[C@@H](O)c2cccs2)cc1. The molecule has 4 heteroatoms. The van der Waals surface area contributed by atoms with Crippen LogP contribution in [-0.2, 0) is 5.41 Å². The maximum absolute atomic E-state index is 12.1. The molecule has 1 aromatic carbocycles. The Morgan fingerprint density at radius 2 is 1.90 bits per heavy atom. The van der Waals surface area contributed by atoms with Crippen molar-refractivity contribution in [2.24, 2.45) is 0 Å². The molecule has 21 heavy (non-hydrogen) atoms. The maximum Gasteiger partial charge on any atom is 0.251 e. The van der Waals surface area contributed by atoms with Gasteiger partial charge in [-0.1, -0.05) is 39.0 Å². The van der Waals surface area contributed by atoms with E-state index in [9.17, 15) is 9.90 Å².